The summed E-state index contributed by atoms with van der Waals surface area (Å²) < 4.78 is 5.61. The van der Waals surface area contributed by atoms with Gasteiger partial charge in [-0.3, -0.25) is 19.8 Å². The van der Waals surface area contributed by atoms with Crippen LogP contribution in [0, 0.1) is 3.57 Å². The molecular weight excluding hydrogens is 431 g/mol. The molecule has 0 aromatic heterocycles. The number of nitrogens with one attached hydrogen (secondary N) is 1. The third-order valence-corrected chi connectivity index (χ3v) is 4.22. The number of amides is 2. The predicted octanol–water partition coefficient (Wildman–Crippen LogP) is 1.82. The summed E-state index contributed by atoms with van der Waals surface area (Å²) >= 11 is 6.92. The Balaban J connectivity index is 2.46. The number of methoxy groups -OCH3 is 1. The Kier molecular flexibility index (Phi) is 5.37. The molecule has 1 heterocycles. The molecular formula is C15H13IN2O4S. The van der Waals surface area contributed by atoms with E-state index in [0.29, 0.717) is 9.13 Å². The highest BCUT2D eigenvalue weighted by molar-refractivity contribution is 14.1. The van der Waals surface area contributed by atoms with Crippen LogP contribution < -0.4 is 10.1 Å². The van der Waals surface area contributed by atoms with Gasteiger partial charge in [0.1, 0.15) is 5.57 Å². The number of phenols is 1. The van der Waals surface area contributed by atoms with Gasteiger partial charge in [0.05, 0.1) is 10.7 Å². The van der Waals surface area contributed by atoms with Crippen molar-refractivity contribution >= 4 is 57.8 Å². The van der Waals surface area contributed by atoms with E-state index >= 15 is 0 Å². The Morgan fingerprint density at radius 1 is 1.48 bits per heavy atom. The maximum Gasteiger partial charge on any atom is 0.265 e. The summed E-state index contributed by atoms with van der Waals surface area (Å²) in [7, 11) is 1.42. The molecule has 0 bridgehead atoms. The molecule has 1 aromatic rings. The van der Waals surface area contributed by atoms with Gasteiger partial charge >= 0.3 is 0 Å². The third kappa shape index (κ3) is 3.53. The van der Waals surface area contributed by atoms with E-state index in [1.54, 1.807) is 6.07 Å². The number of hydrogen-bond donors (Lipinski definition) is 2. The average molecular weight is 444 g/mol. The molecule has 8 heteroatoms. The summed E-state index contributed by atoms with van der Waals surface area (Å²) in [6.45, 7) is 3.76. The number of hydrogen-bond acceptors (Lipinski definition) is 5. The van der Waals surface area contributed by atoms with E-state index in [1.807, 2.05) is 22.6 Å². The van der Waals surface area contributed by atoms with Gasteiger partial charge < -0.3 is 9.84 Å². The highest BCUT2D eigenvalue weighted by Crippen LogP contribution is 2.33. The lowest BCUT2D eigenvalue weighted by atomic mass is 10.1. The number of halogens is 1. The predicted molar refractivity (Wildman–Crippen MR) is 98.0 cm³/mol. The number of benzene rings is 1. The highest BCUT2D eigenvalue weighted by atomic mass is 127. The minimum atomic E-state index is -0.567. The first-order chi connectivity index (χ1) is 10.9. The Labute approximate surface area is 151 Å². The van der Waals surface area contributed by atoms with Crippen molar-refractivity contribution in [3.05, 3.63) is 39.5 Å². The molecule has 2 N–H and O–H groups in total. The third-order valence-electron chi connectivity index (χ3n) is 3.08. The first-order valence-electron chi connectivity index (χ1n) is 6.45. The van der Waals surface area contributed by atoms with Crippen LogP contribution in [0.3, 0.4) is 0 Å². The molecule has 23 heavy (non-hydrogen) atoms. The number of ether oxygens (including phenoxy) is 1. The van der Waals surface area contributed by atoms with Gasteiger partial charge in [-0.15, -0.1) is 6.58 Å². The number of rotatable bonds is 4. The van der Waals surface area contributed by atoms with Crippen molar-refractivity contribution in [1.29, 1.82) is 0 Å². The second kappa shape index (κ2) is 7.09. The molecule has 0 atom stereocenters. The number of thiocarbonyl (C=S) groups is 1. The summed E-state index contributed by atoms with van der Waals surface area (Å²) in [5, 5.41) is 12.4. The van der Waals surface area contributed by atoms with Crippen LogP contribution in [0.15, 0.2) is 30.4 Å². The van der Waals surface area contributed by atoms with Crippen LogP contribution in [0.4, 0.5) is 0 Å². The molecule has 6 nitrogen and oxygen atoms in total. The zero-order chi connectivity index (χ0) is 17.1. The lowest BCUT2D eigenvalue weighted by Gasteiger charge is -2.27. The van der Waals surface area contributed by atoms with Crippen molar-refractivity contribution < 1.29 is 19.4 Å². The van der Waals surface area contributed by atoms with Crippen molar-refractivity contribution in [1.82, 2.24) is 10.2 Å². The van der Waals surface area contributed by atoms with E-state index in [0.717, 1.165) is 0 Å². The number of aromatic hydroxyl groups is 1. The normalized spacial score (nSPS) is 16.5. The molecule has 0 spiro atoms. The van der Waals surface area contributed by atoms with Gasteiger partial charge in [-0.25, -0.2) is 0 Å². The van der Waals surface area contributed by atoms with Crippen LogP contribution in [-0.4, -0.2) is 40.6 Å². The largest absolute Gasteiger partial charge is 0.504 e. The Bertz CT molecular complexity index is 745. The molecule has 2 amide bonds. The minimum Gasteiger partial charge on any atom is -0.504 e. The molecule has 0 saturated carbocycles. The maximum absolute atomic E-state index is 12.4. The topological polar surface area (TPSA) is 78.9 Å². The van der Waals surface area contributed by atoms with Gasteiger partial charge in [0.25, 0.3) is 11.8 Å². The first kappa shape index (κ1) is 17.4. The molecule has 0 aliphatic carbocycles. The molecule has 2 rings (SSSR count). The summed E-state index contributed by atoms with van der Waals surface area (Å²) in [5.74, 6) is -0.807. The van der Waals surface area contributed by atoms with E-state index in [2.05, 4.69) is 11.9 Å². The Hall–Kier alpha value is -1.94. The average Bonchev–Trinajstić information content (AvgIpc) is 2.51. The molecule has 0 unspecified atom stereocenters. The molecule has 1 aliphatic rings. The van der Waals surface area contributed by atoms with Gasteiger partial charge in [-0.2, -0.15) is 0 Å². The zero-order valence-corrected chi connectivity index (χ0v) is 15.1. The molecule has 0 radical (unpaired) electrons. The standard InChI is InChI=1S/C15H13IN2O4S/c1-3-4-18-14(21)9(13(20)17-15(18)23)5-8-6-10(16)12(19)11(7-8)22-2/h3,5-7,19H,1,4H2,2H3,(H,17,20,23). The van der Waals surface area contributed by atoms with E-state index in [4.69, 9.17) is 17.0 Å². The fourth-order valence-corrected chi connectivity index (χ4v) is 2.86. The fraction of sp³-hybridized carbons (Fsp3) is 0.133. The van der Waals surface area contributed by atoms with Gasteiger partial charge in [0.15, 0.2) is 16.6 Å². The van der Waals surface area contributed by atoms with Gasteiger partial charge in [0, 0.05) is 6.54 Å². The number of carbonyl (C=O) groups excluding carboxylic acids is 2. The minimum absolute atomic E-state index is 0.00383. The van der Waals surface area contributed by atoms with E-state index in [9.17, 15) is 14.7 Å². The fourth-order valence-electron chi connectivity index (χ4n) is 1.99. The quantitative estimate of drug-likeness (QED) is 0.244. The smallest absolute Gasteiger partial charge is 0.265 e. The van der Waals surface area contributed by atoms with Crippen LogP contribution in [0.2, 0.25) is 0 Å². The summed E-state index contributed by atoms with van der Waals surface area (Å²) in [5.41, 5.74) is 0.498. The molecule has 1 saturated heterocycles. The molecule has 1 aliphatic heterocycles. The van der Waals surface area contributed by atoms with E-state index in [-0.39, 0.29) is 28.7 Å². The van der Waals surface area contributed by atoms with Crippen LogP contribution >= 0.6 is 34.8 Å². The number of phenolic OH excluding ortho intramolecular Hbond substituents is 1. The number of nitrogens with zero attached hydrogens (tertiary/aromatic N) is 1. The lowest BCUT2D eigenvalue weighted by Crippen LogP contribution is -2.53. The second-order valence-corrected chi connectivity index (χ2v) is 6.12. The van der Waals surface area contributed by atoms with Crippen LogP contribution in [0.1, 0.15) is 5.56 Å². The van der Waals surface area contributed by atoms with Crippen molar-refractivity contribution in [3.63, 3.8) is 0 Å². The van der Waals surface area contributed by atoms with Crippen molar-refractivity contribution in [2.75, 3.05) is 13.7 Å². The monoisotopic (exact) mass is 444 g/mol. The van der Waals surface area contributed by atoms with Crippen molar-refractivity contribution in [2.24, 2.45) is 0 Å². The zero-order valence-electron chi connectivity index (χ0n) is 12.1. The first-order valence-corrected chi connectivity index (χ1v) is 7.94. The van der Waals surface area contributed by atoms with E-state index < -0.39 is 11.8 Å². The van der Waals surface area contributed by atoms with Crippen molar-refractivity contribution in [3.8, 4) is 11.5 Å². The number of carbonyl (C=O) groups is 2. The van der Waals surface area contributed by atoms with Gasteiger partial charge in [-0.05, 0) is 58.6 Å². The van der Waals surface area contributed by atoms with Gasteiger partial charge in [-0.1, -0.05) is 6.08 Å². The summed E-state index contributed by atoms with van der Waals surface area (Å²) in [6, 6.07) is 3.17. The highest BCUT2D eigenvalue weighted by Gasteiger charge is 2.32. The Morgan fingerprint density at radius 2 is 2.17 bits per heavy atom. The SMILES string of the molecule is C=CCN1C(=O)C(=Cc2cc(I)c(O)c(OC)c2)C(=O)NC1=S. The van der Waals surface area contributed by atoms with E-state index in [1.165, 1.54) is 30.2 Å². The lowest BCUT2D eigenvalue weighted by molar-refractivity contribution is -0.128. The summed E-state index contributed by atoms with van der Waals surface area (Å²) in [6.07, 6.45) is 2.95. The molecule has 1 fully saturated rings. The van der Waals surface area contributed by atoms with Gasteiger partial charge in [0.2, 0.25) is 0 Å². The molecule has 1 aromatic carbocycles. The second-order valence-electron chi connectivity index (χ2n) is 4.58. The summed E-state index contributed by atoms with van der Waals surface area (Å²) in [4.78, 5) is 25.7. The van der Waals surface area contributed by atoms with Crippen LogP contribution in [-0.2, 0) is 9.59 Å². The maximum atomic E-state index is 12.4. The van der Waals surface area contributed by atoms with Crippen molar-refractivity contribution in [2.45, 2.75) is 0 Å². The van der Waals surface area contributed by atoms with Crippen LogP contribution in [0.5, 0.6) is 11.5 Å². The molecule has 120 valence electrons. The Morgan fingerprint density at radius 3 is 2.78 bits per heavy atom. The van der Waals surface area contributed by atoms with Crippen LogP contribution in [0.25, 0.3) is 6.08 Å².